The molecule has 0 unspecified atom stereocenters. The minimum absolute atomic E-state index is 0.0429. The van der Waals surface area contributed by atoms with Gasteiger partial charge in [-0.25, -0.2) is 0 Å². The second kappa shape index (κ2) is 5.11. The van der Waals surface area contributed by atoms with Gasteiger partial charge in [-0.15, -0.1) is 0 Å². The smallest absolute Gasteiger partial charge is 0.166 e. The molecule has 1 fully saturated rings. The summed E-state index contributed by atoms with van der Waals surface area (Å²) in [5, 5.41) is 0. The van der Waals surface area contributed by atoms with E-state index < -0.39 is 11.7 Å². The summed E-state index contributed by atoms with van der Waals surface area (Å²) in [4.78, 5) is 0. The summed E-state index contributed by atoms with van der Waals surface area (Å²) in [5.41, 5.74) is 0.362. The van der Waals surface area contributed by atoms with E-state index in [9.17, 15) is 13.2 Å². The first-order valence-corrected chi connectivity index (χ1v) is 6.16. The Kier molecular flexibility index (Phi) is 4.23. The van der Waals surface area contributed by atoms with Crippen molar-refractivity contribution in [1.82, 2.24) is 0 Å². The number of hydrogen-bond donors (Lipinski definition) is 0. The fourth-order valence-electron chi connectivity index (χ4n) is 2.02. The van der Waals surface area contributed by atoms with Crippen molar-refractivity contribution in [2.24, 2.45) is 0 Å². The Morgan fingerprint density at radius 3 is 2.18 bits per heavy atom. The number of hydrogen-bond acceptors (Lipinski definition) is 0. The Morgan fingerprint density at radius 2 is 1.76 bits per heavy atom. The van der Waals surface area contributed by atoms with E-state index in [1.807, 2.05) is 26.8 Å². The summed E-state index contributed by atoms with van der Waals surface area (Å²) >= 11 is 0. The predicted octanol–water partition coefficient (Wildman–Crippen LogP) is 5.17. The highest BCUT2D eigenvalue weighted by atomic mass is 19.4. The van der Waals surface area contributed by atoms with Gasteiger partial charge in [0.25, 0.3) is 0 Å². The lowest BCUT2D eigenvalue weighted by atomic mass is 9.92. The van der Waals surface area contributed by atoms with Crippen LogP contribution in [0.4, 0.5) is 13.2 Å². The topological polar surface area (TPSA) is 0 Å². The highest BCUT2D eigenvalue weighted by Crippen LogP contribution is 2.51. The molecule has 1 aliphatic carbocycles. The first-order chi connectivity index (χ1) is 7.98. The Bertz CT molecular complexity index is 362. The fourth-order valence-corrected chi connectivity index (χ4v) is 2.02. The van der Waals surface area contributed by atoms with Crippen molar-refractivity contribution in [3.8, 4) is 0 Å². The number of benzene rings is 1. The van der Waals surface area contributed by atoms with Crippen LogP contribution in [0.25, 0.3) is 0 Å². The van der Waals surface area contributed by atoms with Crippen LogP contribution in [0.3, 0.4) is 0 Å². The fraction of sp³-hybridized carbons (Fsp3) is 0.571. The van der Waals surface area contributed by atoms with Crippen LogP contribution >= 0.6 is 0 Å². The second-order valence-corrected chi connectivity index (χ2v) is 4.21. The lowest BCUT2D eigenvalue weighted by molar-refractivity contribution is -0.137. The summed E-state index contributed by atoms with van der Waals surface area (Å²) < 4.78 is 37.4. The lowest BCUT2D eigenvalue weighted by Gasteiger charge is -2.15. The van der Waals surface area contributed by atoms with Gasteiger partial charge in [-0.05, 0) is 36.3 Å². The van der Waals surface area contributed by atoms with Crippen LogP contribution < -0.4 is 0 Å². The maximum absolute atomic E-state index is 12.5. The molecule has 1 aliphatic rings. The molecule has 0 aliphatic heterocycles. The Morgan fingerprint density at radius 1 is 1.18 bits per heavy atom. The third kappa shape index (κ3) is 3.02. The molecule has 0 spiro atoms. The molecular formula is C14H19F3. The zero-order chi connectivity index (χ0) is 13.1. The monoisotopic (exact) mass is 244 g/mol. The van der Waals surface area contributed by atoms with Crippen LogP contribution in [0.5, 0.6) is 0 Å². The SMILES string of the molecule is CC.CCC1(c2cccc(C(F)(F)F)c2)CC1. The predicted molar refractivity (Wildman–Crippen MR) is 64.0 cm³/mol. The Balaban J connectivity index is 0.000000686. The van der Waals surface area contributed by atoms with Crippen molar-refractivity contribution >= 4 is 0 Å². The molecule has 0 N–H and O–H groups in total. The highest BCUT2D eigenvalue weighted by molar-refractivity contribution is 5.35. The summed E-state index contributed by atoms with van der Waals surface area (Å²) in [6.45, 7) is 6.03. The van der Waals surface area contributed by atoms with Gasteiger partial charge in [0, 0.05) is 0 Å². The highest BCUT2D eigenvalue weighted by Gasteiger charge is 2.43. The van der Waals surface area contributed by atoms with Crippen LogP contribution in [0.15, 0.2) is 24.3 Å². The van der Waals surface area contributed by atoms with E-state index in [-0.39, 0.29) is 5.41 Å². The quantitative estimate of drug-likeness (QED) is 0.673. The van der Waals surface area contributed by atoms with Gasteiger partial charge in [-0.1, -0.05) is 39.0 Å². The number of rotatable bonds is 2. The largest absolute Gasteiger partial charge is 0.416 e. The Labute approximate surface area is 101 Å². The standard InChI is InChI=1S/C12H13F3.C2H6/c1-2-11(6-7-11)9-4-3-5-10(8-9)12(13,14)15;1-2/h3-5,8H,2,6-7H2,1H3;1-2H3. The minimum Gasteiger partial charge on any atom is -0.166 e. The van der Waals surface area contributed by atoms with E-state index >= 15 is 0 Å². The third-order valence-electron chi connectivity index (χ3n) is 3.33. The third-order valence-corrected chi connectivity index (χ3v) is 3.33. The van der Waals surface area contributed by atoms with Crippen molar-refractivity contribution < 1.29 is 13.2 Å². The maximum atomic E-state index is 12.5. The van der Waals surface area contributed by atoms with Crippen molar-refractivity contribution in [3.63, 3.8) is 0 Å². The molecule has 17 heavy (non-hydrogen) atoms. The molecule has 0 aromatic heterocycles. The van der Waals surface area contributed by atoms with Gasteiger partial charge >= 0.3 is 6.18 Å². The molecule has 0 bridgehead atoms. The summed E-state index contributed by atoms with van der Waals surface area (Å²) in [7, 11) is 0. The molecule has 0 heterocycles. The van der Waals surface area contributed by atoms with Gasteiger partial charge in [0.2, 0.25) is 0 Å². The summed E-state index contributed by atoms with van der Waals surface area (Å²) in [6.07, 6.45) is -1.26. The molecule has 0 nitrogen and oxygen atoms in total. The van der Waals surface area contributed by atoms with Gasteiger partial charge in [0.15, 0.2) is 0 Å². The van der Waals surface area contributed by atoms with Gasteiger partial charge in [-0.3, -0.25) is 0 Å². The summed E-state index contributed by atoms with van der Waals surface area (Å²) in [6, 6.07) is 5.76. The van der Waals surface area contributed by atoms with E-state index in [0.717, 1.165) is 30.9 Å². The van der Waals surface area contributed by atoms with E-state index in [1.54, 1.807) is 0 Å². The molecule has 0 atom stereocenters. The van der Waals surface area contributed by atoms with Crippen LogP contribution in [0.1, 0.15) is 51.2 Å². The molecule has 96 valence electrons. The normalized spacial score (nSPS) is 17.1. The van der Waals surface area contributed by atoms with E-state index in [4.69, 9.17) is 0 Å². The molecule has 1 aromatic carbocycles. The van der Waals surface area contributed by atoms with Crippen LogP contribution in [0, 0.1) is 0 Å². The average Bonchev–Trinajstić information content (AvgIpc) is 3.12. The molecular weight excluding hydrogens is 225 g/mol. The average molecular weight is 244 g/mol. The van der Waals surface area contributed by atoms with Crippen molar-refractivity contribution in [2.75, 3.05) is 0 Å². The number of alkyl halides is 3. The van der Waals surface area contributed by atoms with E-state index in [0.29, 0.717) is 0 Å². The van der Waals surface area contributed by atoms with Gasteiger partial charge in [0.05, 0.1) is 5.56 Å². The molecule has 0 radical (unpaired) electrons. The van der Waals surface area contributed by atoms with Gasteiger partial charge < -0.3 is 0 Å². The molecule has 1 aromatic rings. The first-order valence-electron chi connectivity index (χ1n) is 6.16. The van der Waals surface area contributed by atoms with Crippen LogP contribution in [0.2, 0.25) is 0 Å². The van der Waals surface area contributed by atoms with Crippen molar-refractivity contribution in [2.45, 2.75) is 51.6 Å². The molecule has 1 saturated carbocycles. The van der Waals surface area contributed by atoms with Gasteiger partial charge in [-0.2, -0.15) is 13.2 Å². The molecule has 2 rings (SSSR count). The molecule has 0 amide bonds. The zero-order valence-corrected chi connectivity index (χ0v) is 10.6. The molecule has 3 heteroatoms. The van der Waals surface area contributed by atoms with Gasteiger partial charge in [0.1, 0.15) is 0 Å². The zero-order valence-electron chi connectivity index (χ0n) is 10.6. The second-order valence-electron chi connectivity index (χ2n) is 4.21. The number of halogens is 3. The van der Waals surface area contributed by atoms with E-state index in [2.05, 4.69) is 0 Å². The Hall–Kier alpha value is -0.990. The minimum atomic E-state index is -4.22. The van der Waals surface area contributed by atoms with Crippen LogP contribution in [-0.4, -0.2) is 0 Å². The maximum Gasteiger partial charge on any atom is 0.416 e. The van der Waals surface area contributed by atoms with Crippen LogP contribution in [-0.2, 0) is 11.6 Å². The summed E-state index contributed by atoms with van der Waals surface area (Å²) in [5.74, 6) is 0. The molecule has 0 saturated heterocycles. The first kappa shape index (κ1) is 14.1. The van der Waals surface area contributed by atoms with E-state index in [1.165, 1.54) is 12.1 Å². The van der Waals surface area contributed by atoms with Crippen molar-refractivity contribution in [1.29, 1.82) is 0 Å². The lowest BCUT2D eigenvalue weighted by Crippen LogP contribution is -2.09. The van der Waals surface area contributed by atoms with Crippen molar-refractivity contribution in [3.05, 3.63) is 35.4 Å².